The largest absolute Gasteiger partial charge is 0.356 e. The summed E-state index contributed by atoms with van der Waals surface area (Å²) in [7, 11) is 1.56. The second-order valence-electron chi connectivity index (χ2n) is 5.12. The zero-order chi connectivity index (χ0) is 17.5. The van der Waals surface area contributed by atoms with Crippen LogP contribution in [0.1, 0.15) is 5.56 Å². The summed E-state index contributed by atoms with van der Waals surface area (Å²) < 4.78 is 26.6. The average molecular weight is 339 g/mol. The number of nitrogens with one attached hydrogen (secondary N) is 3. The van der Waals surface area contributed by atoms with E-state index in [0.29, 0.717) is 19.0 Å². The van der Waals surface area contributed by atoms with Crippen LogP contribution in [0.4, 0.5) is 13.6 Å². The molecule has 0 aliphatic carbocycles. The molecule has 24 heavy (non-hydrogen) atoms. The Morgan fingerprint density at radius 3 is 2.71 bits per heavy atom. The molecule has 0 bridgehead atoms. The number of halogens is 2. The molecule has 0 aromatic heterocycles. The van der Waals surface area contributed by atoms with Crippen LogP contribution in [0, 0.1) is 11.6 Å². The second-order valence-corrected chi connectivity index (χ2v) is 5.12. The van der Waals surface area contributed by atoms with Crippen molar-refractivity contribution >= 4 is 17.9 Å². The van der Waals surface area contributed by atoms with E-state index >= 15 is 0 Å². The number of amides is 3. The summed E-state index contributed by atoms with van der Waals surface area (Å²) in [5.74, 6) is -0.771. The molecule has 1 fully saturated rings. The Morgan fingerprint density at radius 1 is 1.29 bits per heavy atom. The highest BCUT2D eigenvalue weighted by atomic mass is 19.1. The molecule has 1 aliphatic rings. The summed E-state index contributed by atoms with van der Waals surface area (Å²) in [6.07, 6.45) is 0.289. The maximum Gasteiger partial charge on any atom is 0.324 e. The predicted octanol–water partition coefficient (Wildman–Crippen LogP) is 0.224. The molecule has 1 heterocycles. The zero-order valence-electron chi connectivity index (χ0n) is 13.2. The molecule has 1 aromatic carbocycles. The van der Waals surface area contributed by atoms with Crippen molar-refractivity contribution in [3.63, 3.8) is 0 Å². The van der Waals surface area contributed by atoms with E-state index < -0.39 is 17.7 Å². The van der Waals surface area contributed by atoms with Gasteiger partial charge in [0.15, 0.2) is 5.96 Å². The van der Waals surface area contributed by atoms with Crippen LogP contribution in [-0.2, 0) is 11.2 Å². The number of carbonyl (C=O) groups excluding carboxylic acids is 2. The van der Waals surface area contributed by atoms with Gasteiger partial charge in [0.05, 0.1) is 6.54 Å². The van der Waals surface area contributed by atoms with Crippen molar-refractivity contribution in [1.82, 2.24) is 20.9 Å². The molecule has 0 saturated carbocycles. The molecule has 3 N–H and O–H groups in total. The molecule has 7 nitrogen and oxygen atoms in total. The molecule has 2 rings (SSSR count). The third-order valence-electron chi connectivity index (χ3n) is 3.48. The molecule has 1 aliphatic heterocycles. The fourth-order valence-corrected chi connectivity index (χ4v) is 2.24. The van der Waals surface area contributed by atoms with Gasteiger partial charge in [0, 0.05) is 26.7 Å². The Kier molecular flexibility index (Phi) is 6.05. The Morgan fingerprint density at radius 2 is 2.04 bits per heavy atom. The summed E-state index contributed by atoms with van der Waals surface area (Å²) in [5, 5.41) is 8.34. The molecule has 0 atom stereocenters. The lowest BCUT2D eigenvalue weighted by Gasteiger charge is -2.15. The van der Waals surface area contributed by atoms with Crippen LogP contribution in [0.2, 0.25) is 0 Å². The molecular weight excluding hydrogens is 320 g/mol. The Balaban J connectivity index is 1.73. The van der Waals surface area contributed by atoms with Crippen LogP contribution in [0.25, 0.3) is 0 Å². The quantitative estimate of drug-likeness (QED) is 0.393. The Labute approximate surface area is 138 Å². The van der Waals surface area contributed by atoms with E-state index in [0.717, 1.165) is 23.1 Å². The standard InChI is InChI=1S/C15H19F2N5O2/c1-18-14(20-6-7-22-13(23)9-21-15(22)24)19-5-4-10-8-11(16)2-3-12(10)17/h2-3,8H,4-7,9H2,1H3,(H,21,24)(H2,18,19,20). The van der Waals surface area contributed by atoms with Gasteiger partial charge in [-0.1, -0.05) is 0 Å². The van der Waals surface area contributed by atoms with Gasteiger partial charge in [-0.2, -0.15) is 0 Å². The van der Waals surface area contributed by atoms with E-state index in [2.05, 4.69) is 20.9 Å². The molecular formula is C15H19F2N5O2. The average Bonchev–Trinajstić information content (AvgIpc) is 2.88. The number of urea groups is 1. The maximum absolute atomic E-state index is 13.5. The normalized spacial score (nSPS) is 14.8. The summed E-state index contributed by atoms with van der Waals surface area (Å²) in [4.78, 5) is 27.9. The van der Waals surface area contributed by atoms with Gasteiger partial charge in [0.1, 0.15) is 11.6 Å². The maximum atomic E-state index is 13.5. The van der Waals surface area contributed by atoms with Crippen molar-refractivity contribution in [2.24, 2.45) is 4.99 Å². The van der Waals surface area contributed by atoms with Gasteiger partial charge in [-0.15, -0.1) is 0 Å². The van der Waals surface area contributed by atoms with E-state index in [1.165, 1.54) is 0 Å². The van der Waals surface area contributed by atoms with Crippen molar-refractivity contribution in [3.05, 3.63) is 35.4 Å². The number of hydrogen-bond donors (Lipinski definition) is 3. The van der Waals surface area contributed by atoms with Crippen molar-refractivity contribution in [2.45, 2.75) is 6.42 Å². The highest BCUT2D eigenvalue weighted by Gasteiger charge is 2.27. The number of benzene rings is 1. The van der Waals surface area contributed by atoms with Crippen molar-refractivity contribution < 1.29 is 18.4 Å². The topological polar surface area (TPSA) is 85.8 Å². The molecule has 1 saturated heterocycles. The van der Waals surface area contributed by atoms with Gasteiger partial charge in [0.25, 0.3) is 0 Å². The minimum absolute atomic E-state index is 0.0189. The van der Waals surface area contributed by atoms with Crippen molar-refractivity contribution in [2.75, 3.05) is 33.2 Å². The number of carbonyl (C=O) groups is 2. The minimum atomic E-state index is -0.484. The number of imide groups is 1. The summed E-state index contributed by atoms with van der Waals surface area (Å²) in [6.45, 7) is 0.908. The highest BCUT2D eigenvalue weighted by molar-refractivity contribution is 6.01. The molecule has 3 amide bonds. The van der Waals surface area contributed by atoms with Crippen LogP contribution >= 0.6 is 0 Å². The number of aliphatic imine (C=N–C) groups is 1. The van der Waals surface area contributed by atoms with Gasteiger partial charge >= 0.3 is 6.03 Å². The number of hydrogen-bond acceptors (Lipinski definition) is 3. The second kappa shape index (κ2) is 8.23. The predicted molar refractivity (Wildman–Crippen MR) is 84.5 cm³/mol. The molecule has 0 radical (unpaired) electrons. The molecule has 1 aromatic rings. The fourth-order valence-electron chi connectivity index (χ4n) is 2.24. The first-order valence-corrected chi connectivity index (χ1v) is 7.48. The molecule has 9 heteroatoms. The molecule has 0 spiro atoms. The van der Waals surface area contributed by atoms with Crippen LogP contribution in [0.5, 0.6) is 0 Å². The van der Waals surface area contributed by atoms with E-state index in [4.69, 9.17) is 0 Å². The van der Waals surface area contributed by atoms with E-state index in [1.807, 2.05) is 0 Å². The van der Waals surface area contributed by atoms with Crippen LogP contribution in [0.15, 0.2) is 23.2 Å². The molecule has 0 unspecified atom stereocenters. The SMILES string of the molecule is CN=C(NCCc1cc(F)ccc1F)NCCN1C(=O)CNC1=O. The monoisotopic (exact) mass is 339 g/mol. The summed E-state index contributed by atoms with van der Waals surface area (Å²) in [5.41, 5.74) is 0.275. The van der Waals surface area contributed by atoms with Crippen LogP contribution in [-0.4, -0.2) is 56.0 Å². The van der Waals surface area contributed by atoms with Crippen molar-refractivity contribution in [1.29, 1.82) is 0 Å². The first-order chi connectivity index (χ1) is 11.5. The summed E-state index contributed by atoms with van der Waals surface area (Å²) >= 11 is 0. The van der Waals surface area contributed by atoms with Crippen LogP contribution in [0.3, 0.4) is 0 Å². The van der Waals surface area contributed by atoms with Crippen LogP contribution < -0.4 is 16.0 Å². The lowest BCUT2D eigenvalue weighted by Crippen LogP contribution is -2.43. The van der Waals surface area contributed by atoms with E-state index in [1.54, 1.807) is 7.05 Å². The van der Waals surface area contributed by atoms with E-state index in [-0.39, 0.29) is 31.0 Å². The van der Waals surface area contributed by atoms with E-state index in [9.17, 15) is 18.4 Å². The van der Waals surface area contributed by atoms with Gasteiger partial charge in [0.2, 0.25) is 5.91 Å². The number of guanidine groups is 1. The first-order valence-electron chi connectivity index (χ1n) is 7.48. The third-order valence-corrected chi connectivity index (χ3v) is 3.48. The third kappa shape index (κ3) is 4.64. The van der Waals surface area contributed by atoms with Gasteiger partial charge in [-0.25, -0.2) is 13.6 Å². The Bertz CT molecular complexity index is 635. The van der Waals surface area contributed by atoms with Gasteiger partial charge < -0.3 is 16.0 Å². The van der Waals surface area contributed by atoms with Gasteiger partial charge in [-0.05, 0) is 30.2 Å². The van der Waals surface area contributed by atoms with Crippen molar-refractivity contribution in [3.8, 4) is 0 Å². The number of nitrogens with zero attached hydrogens (tertiary/aromatic N) is 2. The summed E-state index contributed by atoms with van der Waals surface area (Å²) in [6, 6.07) is 2.91. The zero-order valence-corrected chi connectivity index (χ0v) is 13.2. The smallest absolute Gasteiger partial charge is 0.324 e. The Hall–Kier alpha value is -2.71. The lowest BCUT2D eigenvalue weighted by molar-refractivity contribution is -0.124. The first kappa shape index (κ1) is 17.6. The minimum Gasteiger partial charge on any atom is -0.356 e. The fraction of sp³-hybridized carbons (Fsp3) is 0.400. The molecule has 130 valence electrons. The van der Waals surface area contributed by atoms with Gasteiger partial charge in [-0.3, -0.25) is 14.7 Å². The lowest BCUT2D eigenvalue weighted by atomic mass is 10.1. The number of rotatable bonds is 6. The highest BCUT2D eigenvalue weighted by Crippen LogP contribution is 2.09.